The van der Waals surface area contributed by atoms with Gasteiger partial charge in [0, 0.05) is 13.1 Å². The van der Waals surface area contributed by atoms with Crippen molar-refractivity contribution < 1.29 is 4.79 Å². The van der Waals surface area contributed by atoms with E-state index in [1.807, 2.05) is 0 Å². The molecule has 0 aliphatic heterocycles. The maximum Gasteiger partial charge on any atom is 0.279 e. The van der Waals surface area contributed by atoms with Crippen LogP contribution in [0.2, 0.25) is 0 Å². The van der Waals surface area contributed by atoms with Crippen LogP contribution in [0.25, 0.3) is 11.0 Å². The van der Waals surface area contributed by atoms with Gasteiger partial charge in [-0.15, -0.1) is 0 Å². The van der Waals surface area contributed by atoms with Crippen molar-refractivity contribution in [3.63, 3.8) is 0 Å². The molecule has 1 amide bonds. The standard InChI is InChI=1S/C12H15N5O2/c1-12(2)4-6(12)14-10(18)8-7-9(16-15-8)11(19)17(3)5-13-7/h5-6H,4H2,1-3H3,(H,14,18)(H,15,16)/t6-/m0/s1. The zero-order chi connectivity index (χ0) is 13.8. The predicted molar refractivity (Wildman–Crippen MR) is 68.8 cm³/mol. The first-order valence-electron chi connectivity index (χ1n) is 6.11. The van der Waals surface area contributed by atoms with E-state index in [9.17, 15) is 9.59 Å². The Morgan fingerprint density at radius 2 is 2.26 bits per heavy atom. The summed E-state index contributed by atoms with van der Waals surface area (Å²) in [6.07, 6.45) is 2.34. The molecule has 0 radical (unpaired) electrons. The molecule has 3 rings (SSSR count). The van der Waals surface area contributed by atoms with Crippen LogP contribution in [-0.2, 0) is 7.05 Å². The second kappa shape index (κ2) is 3.66. The number of hydrogen-bond donors (Lipinski definition) is 2. The fraction of sp³-hybridized carbons (Fsp3) is 0.500. The molecule has 1 fully saturated rings. The van der Waals surface area contributed by atoms with Gasteiger partial charge in [0.2, 0.25) is 0 Å². The molecule has 1 aliphatic rings. The van der Waals surface area contributed by atoms with Crippen LogP contribution in [0.5, 0.6) is 0 Å². The summed E-state index contributed by atoms with van der Waals surface area (Å²) in [7, 11) is 1.60. The molecule has 0 bridgehead atoms. The summed E-state index contributed by atoms with van der Waals surface area (Å²) in [5, 5.41) is 9.40. The van der Waals surface area contributed by atoms with Crippen molar-refractivity contribution in [2.24, 2.45) is 12.5 Å². The van der Waals surface area contributed by atoms with E-state index in [0.717, 1.165) is 6.42 Å². The molecule has 2 aromatic rings. The SMILES string of the molecule is Cn1cnc2c(C(=O)N[C@H]3CC3(C)C)n[nH]c2c1=O. The fourth-order valence-corrected chi connectivity index (χ4v) is 2.08. The highest BCUT2D eigenvalue weighted by molar-refractivity contribution is 6.03. The first kappa shape index (κ1) is 11.9. The van der Waals surface area contributed by atoms with E-state index in [0.29, 0.717) is 5.52 Å². The van der Waals surface area contributed by atoms with Gasteiger partial charge in [-0.25, -0.2) is 4.98 Å². The lowest BCUT2D eigenvalue weighted by molar-refractivity contribution is 0.0942. The molecular formula is C12H15N5O2. The number of aromatic amines is 1. The maximum atomic E-state index is 12.1. The topological polar surface area (TPSA) is 92.7 Å². The van der Waals surface area contributed by atoms with E-state index in [-0.39, 0.29) is 34.1 Å². The predicted octanol–water partition coefficient (Wildman–Crippen LogP) is 0.185. The van der Waals surface area contributed by atoms with Gasteiger partial charge < -0.3 is 9.88 Å². The number of H-pyrrole nitrogens is 1. The Morgan fingerprint density at radius 3 is 2.89 bits per heavy atom. The summed E-state index contributed by atoms with van der Waals surface area (Å²) in [6.45, 7) is 4.18. The number of carbonyl (C=O) groups is 1. The monoisotopic (exact) mass is 261 g/mol. The third-order valence-corrected chi connectivity index (χ3v) is 3.67. The minimum atomic E-state index is -0.289. The molecule has 1 atom stereocenters. The molecule has 0 spiro atoms. The maximum absolute atomic E-state index is 12.1. The van der Waals surface area contributed by atoms with Gasteiger partial charge in [0.25, 0.3) is 11.5 Å². The van der Waals surface area contributed by atoms with Crippen LogP contribution >= 0.6 is 0 Å². The molecular weight excluding hydrogens is 246 g/mol. The number of aryl methyl sites for hydroxylation is 1. The van der Waals surface area contributed by atoms with E-state index in [2.05, 4.69) is 34.3 Å². The molecule has 1 aliphatic carbocycles. The Kier molecular flexibility index (Phi) is 2.29. The Balaban J connectivity index is 1.96. The van der Waals surface area contributed by atoms with Gasteiger partial charge in [0.15, 0.2) is 11.2 Å². The molecule has 7 heteroatoms. The number of nitrogens with one attached hydrogen (secondary N) is 2. The van der Waals surface area contributed by atoms with E-state index in [1.54, 1.807) is 7.05 Å². The average Bonchev–Trinajstić information content (AvgIpc) is 2.77. The minimum Gasteiger partial charge on any atom is -0.347 e. The Morgan fingerprint density at radius 1 is 1.58 bits per heavy atom. The van der Waals surface area contributed by atoms with Crippen LogP contribution in [0.3, 0.4) is 0 Å². The Hall–Kier alpha value is -2.18. The van der Waals surface area contributed by atoms with Crippen LogP contribution in [0.4, 0.5) is 0 Å². The molecule has 2 N–H and O–H groups in total. The van der Waals surface area contributed by atoms with E-state index >= 15 is 0 Å². The lowest BCUT2D eigenvalue weighted by atomic mass is 10.2. The Bertz CT molecular complexity index is 727. The molecule has 0 aromatic carbocycles. The minimum absolute atomic E-state index is 0.144. The summed E-state index contributed by atoms with van der Waals surface area (Å²) in [5.41, 5.74) is 0.647. The number of aromatic nitrogens is 4. The van der Waals surface area contributed by atoms with Crippen LogP contribution in [0.1, 0.15) is 30.8 Å². The number of nitrogens with zero attached hydrogens (tertiary/aromatic N) is 3. The van der Waals surface area contributed by atoms with Gasteiger partial charge in [-0.05, 0) is 11.8 Å². The van der Waals surface area contributed by atoms with Gasteiger partial charge in [0.05, 0.1) is 6.33 Å². The second-order valence-electron chi connectivity index (χ2n) is 5.68. The van der Waals surface area contributed by atoms with Gasteiger partial charge >= 0.3 is 0 Å². The van der Waals surface area contributed by atoms with Crippen molar-refractivity contribution in [1.29, 1.82) is 0 Å². The number of carbonyl (C=O) groups excluding carboxylic acids is 1. The highest BCUT2D eigenvalue weighted by Crippen LogP contribution is 2.44. The Labute approximate surface area is 109 Å². The smallest absolute Gasteiger partial charge is 0.279 e. The summed E-state index contributed by atoms with van der Waals surface area (Å²) in [5.74, 6) is -0.289. The summed E-state index contributed by atoms with van der Waals surface area (Å²) in [6, 6.07) is 0.165. The fourth-order valence-electron chi connectivity index (χ4n) is 2.08. The quantitative estimate of drug-likeness (QED) is 0.806. The third kappa shape index (κ3) is 1.81. The number of hydrogen-bond acceptors (Lipinski definition) is 4. The van der Waals surface area contributed by atoms with Crippen molar-refractivity contribution in [3.8, 4) is 0 Å². The second-order valence-corrected chi connectivity index (χ2v) is 5.68. The number of fused-ring (bicyclic) bond motifs is 1. The van der Waals surface area contributed by atoms with Gasteiger partial charge in [-0.3, -0.25) is 14.7 Å². The normalized spacial score (nSPS) is 20.5. The van der Waals surface area contributed by atoms with Crippen molar-refractivity contribution in [3.05, 3.63) is 22.4 Å². The number of amides is 1. The van der Waals surface area contributed by atoms with E-state index in [1.165, 1.54) is 10.9 Å². The zero-order valence-electron chi connectivity index (χ0n) is 11.0. The summed E-state index contributed by atoms with van der Waals surface area (Å²) in [4.78, 5) is 28.0. The lowest BCUT2D eigenvalue weighted by Crippen LogP contribution is -2.29. The van der Waals surface area contributed by atoms with Gasteiger partial charge in [-0.1, -0.05) is 13.8 Å². The van der Waals surface area contributed by atoms with Crippen LogP contribution < -0.4 is 10.9 Å². The summed E-state index contributed by atoms with van der Waals surface area (Å²) < 4.78 is 1.34. The molecule has 0 unspecified atom stereocenters. The van der Waals surface area contributed by atoms with Crippen LogP contribution in [0.15, 0.2) is 11.1 Å². The summed E-state index contributed by atoms with van der Waals surface area (Å²) >= 11 is 0. The zero-order valence-corrected chi connectivity index (χ0v) is 11.0. The molecule has 0 saturated heterocycles. The van der Waals surface area contributed by atoms with Gasteiger partial charge in [-0.2, -0.15) is 5.10 Å². The largest absolute Gasteiger partial charge is 0.347 e. The lowest BCUT2D eigenvalue weighted by Gasteiger charge is -2.04. The first-order chi connectivity index (χ1) is 8.90. The first-order valence-corrected chi connectivity index (χ1v) is 6.11. The molecule has 7 nitrogen and oxygen atoms in total. The van der Waals surface area contributed by atoms with Crippen molar-refractivity contribution in [2.45, 2.75) is 26.3 Å². The van der Waals surface area contributed by atoms with E-state index < -0.39 is 0 Å². The van der Waals surface area contributed by atoms with Crippen LogP contribution in [0, 0.1) is 5.41 Å². The van der Waals surface area contributed by atoms with Crippen LogP contribution in [-0.4, -0.2) is 31.7 Å². The highest BCUT2D eigenvalue weighted by Gasteiger charge is 2.46. The number of rotatable bonds is 2. The molecule has 100 valence electrons. The highest BCUT2D eigenvalue weighted by atomic mass is 16.2. The van der Waals surface area contributed by atoms with Crippen molar-refractivity contribution in [2.75, 3.05) is 0 Å². The molecule has 2 heterocycles. The van der Waals surface area contributed by atoms with Gasteiger partial charge in [0.1, 0.15) is 5.52 Å². The third-order valence-electron chi connectivity index (χ3n) is 3.67. The van der Waals surface area contributed by atoms with Crippen molar-refractivity contribution >= 4 is 16.9 Å². The molecule has 2 aromatic heterocycles. The van der Waals surface area contributed by atoms with Crippen molar-refractivity contribution in [1.82, 2.24) is 25.1 Å². The molecule has 19 heavy (non-hydrogen) atoms. The van der Waals surface area contributed by atoms with E-state index in [4.69, 9.17) is 0 Å². The average molecular weight is 261 g/mol. The molecule has 1 saturated carbocycles.